The van der Waals surface area contributed by atoms with Crippen LogP contribution in [-0.2, 0) is 4.79 Å². The summed E-state index contributed by atoms with van der Waals surface area (Å²) in [5.74, 6) is 1.42. The number of nitrogens with one attached hydrogen (secondary N) is 2. The van der Waals surface area contributed by atoms with Crippen molar-refractivity contribution in [1.82, 2.24) is 10.6 Å². The minimum absolute atomic E-state index is 0.233. The highest BCUT2D eigenvalue weighted by Gasteiger charge is 2.25. The Morgan fingerprint density at radius 2 is 2.29 bits per heavy atom. The number of rotatable bonds is 2. The Morgan fingerprint density at radius 3 is 2.93 bits per heavy atom. The van der Waals surface area contributed by atoms with Gasteiger partial charge in [0.2, 0.25) is 5.91 Å². The molecule has 2 fully saturated rings. The van der Waals surface area contributed by atoms with Crippen molar-refractivity contribution in [2.75, 3.05) is 18.8 Å². The van der Waals surface area contributed by atoms with Gasteiger partial charge in [0.1, 0.15) is 0 Å². The van der Waals surface area contributed by atoms with Gasteiger partial charge in [-0.2, -0.15) is 0 Å². The van der Waals surface area contributed by atoms with E-state index in [0.29, 0.717) is 6.04 Å². The van der Waals surface area contributed by atoms with Crippen LogP contribution in [0.5, 0.6) is 0 Å². The van der Waals surface area contributed by atoms with Gasteiger partial charge in [0.15, 0.2) is 0 Å². The molecule has 80 valence electrons. The van der Waals surface area contributed by atoms with Gasteiger partial charge in [-0.05, 0) is 38.0 Å². The summed E-state index contributed by atoms with van der Waals surface area (Å²) < 4.78 is 0. The van der Waals surface area contributed by atoms with E-state index in [1.807, 2.05) is 0 Å². The first-order chi connectivity index (χ1) is 6.86. The quantitative estimate of drug-likeness (QED) is 0.713. The molecule has 0 bridgehead atoms. The number of hydrogen-bond donors (Lipinski definition) is 2. The zero-order chi connectivity index (χ0) is 9.80. The lowest BCUT2D eigenvalue weighted by molar-refractivity contribution is -0.121. The maximum Gasteiger partial charge on any atom is 0.233 e. The minimum atomic E-state index is 0.233. The van der Waals surface area contributed by atoms with Crippen LogP contribution in [-0.4, -0.2) is 36.0 Å². The molecule has 4 heteroatoms. The van der Waals surface area contributed by atoms with Gasteiger partial charge in [-0.1, -0.05) is 0 Å². The molecule has 14 heavy (non-hydrogen) atoms. The standard InChI is InChI=1S/C10H18N2OS/c13-10(9-4-2-6-14-9)12-8-3-1-5-11-7-8/h8-9,11H,1-7H2,(H,12,13). The van der Waals surface area contributed by atoms with Gasteiger partial charge in [0, 0.05) is 12.6 Å². The second kappa shape index (κ2) is 5.03. The lowest BCUT2D eigenvalue weighted by atomic mass is 10.1. The highest BCUT2D eigenvalue weighted by atomic mass is 32.2. The monoisotopic (exact) mass is 214 g/mol. The van der Waals surface area contributed by atoms with Crippen LogP contribution >= 0.6 is 11.8 Å². The van der Waals surface area contributed by atoms with Crippen molar-refractivity contribution < 1.29 is 4.79 Å². The summed E-state index contributed by atoms with van der Waals surface area (Å²) in [6.07, 6.45) is 4.58. The van der Waals surface area contributed by atoms with E-state index in [1.165, 1.54) is 12.8 Å². The molecule has 0 saturated carbocycles. The van der Waals surface area contributed by atoms with Crippen LogP contribution in [0.3, 0.4) is 0 Å². The van der Waals surface area contributed by atoms with Crippen LogP contribution in [0.15, 0.2) is 0 Å². The van der Waals surface area contributed by atoms with Crippen molar-refractivity contribution in [3.8, 4) is 0 Å². The summed E-state index contributed by atoms with van der Waals surface area (Å²) in [4.78, 5) is 11.8. The Kier molecular flexibility index (Phi) is 3.70. The van der Waals surface area contributed by atoms with Crippen LogP contribution in [0.1, 0.15) is 25.7 Å². The fourth-order valence-electron chi connectivity index (χ4n) is 2.05. The fraction of sp³-hybridized carbons (Fsp3) is 0.900. The Balaban J connectivity index is 1.75. The third-order valence-electron chi connectivity index (χ3n) is 2.87. The second-order valence-electron chi connectivity index (χ2n) is 4.05. The molecule has 2 rings (SSSR count). The summed E-state index contributed by atoms with van der Waals surface area (Å²) in [7, 11) is 0. The van der Waals surface area contributed by atoms with Crippen LogP contribution in [0.4, 0.5) is 0 Å². The molecule has 2 saturated heterocycles. The first-order valence-corrected chi connectivity index (χ1v) is 6.54. The van der Waals surface area contributed by atoms with E-state index in [1.54, 1.807) is 11.8 Å². The first kappa shape index (κ1) is 10.3. The van der Waals surface area contributed by atoms with E-state index < -0.39 is 0 Å². The molecule has 0 aromatic heterocycles. The number of amides is 1. The lowest BCUT2D eigenvalue weighted by Crippen LogP contribution is -2.47. The van der Waals surface area contributed by atoms with Crippen LogP contribution < -0.4 is 10.6 Å². The minimum Gasteiger partial charge on any atom is -0.351 e. The van der Waals surface area contributed by atoms with E-state index in [0.717, 1.165) is 31.7 Å². The SMILES string of the molecule is O=C(NC1CCCNC1)C1CCCS1. The van der Waals surface area contributed by atoms with Gasteiger partial charge in [0.25, 0.3) is 0 Å². The third-order valence-corrected chi connectivity index (χ3v) is 4.24. The molecule has 0 aliphatic carbocycles. The average molecular weight is 214 g/mol. The summed E-state index contributed by atoms with van der Waals surface area (Å²) in [6, 6.07) is 0.373. The number of hydrogen-bond acceptors (Lipinski definition) is 3. The van der Waals surface area contributed by atoms with Gasteiger partial charge in [-0.3, -0.25) is 4.79 Å². The van der Waals surface area contributed by atoms with Crippen LogP contribution in [0.25, 0.3) is 0 Å². The maximum atomic E-state index is 11.8. The molecule has 1 amide bonds. The predicted molar refractivity (Wildman–Crippen MR) is 59.5 cm³/mol. The molecule has 2 aliphatic rings. The van der Waals surface area contributed by atoms with Crippen molar-refractivity contribution in [2.24, 2.45) is 0 Å². The Morgan fingerprint density at radius 1 is 1.36 bits per heavy atom. The van der Waals surface area contributed by atoms with Gasteiger partial charge in [-0.15, -0.1) is 11.8 Å². The third kappa shape index (κ3) is 2.64. The van der Waals surface area contributed by atoms with E-state index >= 15 is 0 Å². The van der Waals surface area contributed by atoms with E-state index in [2.05, 4.69) is 10.6 Å². The molecule has 2 atom stereocenters. The Labute approximate surface area is 89.4 Å². The van der Waals surface area contributed by atoms with Crippen molar-refractivity contribution >= 4 is 17.7 Å². The molecular formula is C10H18N2OS. The van der Waals surface area contributed by atoms with Gasteiger partial charge in [0.05, 0.1) is 5.25 Å². The normalized spacial score (nSPS) is 32.9. The predicted octanol–water partition coefficient (Wildman–Crippen LogP) is 0.750. The maximum absolute atomic E-state index is 11.8. The van der Waals surface area contributed by atoms with Gasteiger partial charge >= 0.3 is 0 Å². The number of carbonyl (C=O) groups excluding carboxylic acids is 1. The van der Waals surface area contributed by atoms with Gasteiger partial charge in [-0.25, -0.2) is 0 Å². The molecule has 2 aliphatic heterocycles. The van der Waals surface area contributed by atoms with E-state index in [9.17, 15) is 4.79 Å². The Bertz CT molecular complexity index is 198. The van der Waals surface area contributed by atoms with Crippen LogP contribution in [0, 0.1) is 0 Å². The highest BCUT2D eigenvalue weighted by Crippen LogP contribution is 2.26. The van der Waals surface area contributed by atoms with Crippen molar-refractivity contribution in [1.29, 1.82) is 0 Å². The van der Waals surface area contributed by atoms with Gasteiger partial charge < -0.3 is 10.6 Å². The molecular weight excluding hydrogens is 196 g/mol. The fourth-order valence-corrected chi connectivity index (χ4v) is 3.22. The molecule has 0 spiro atoms. The second-order valence-corrected chi connectivity index (χ2v) is 5.36. The number of carbonyl (C=O) groups is 1. The molecule has 0 radical (unpaired) electrons. The molecule has 2 N–H and O–H groups in total. The topological polar surface area (TPSA) is 41.1 Å². The molecule has 0 aromatic rings. The number of piperidine rings is 1. The summed E-state index contributed by atoms with van der Waals surface area (Å²) in [5, 5.41) is 6.68. The average Bonchev–Trinajstić information content (AvgIpc) is 2.72. The largest absolute Gasteiger partial charge is 0.351 e. The smallest absolute Gasteiger partial charge is 0.233 e. The first-order valence-electron chi connectivity index (χ1n) is 5.49. The summed E-state index contributed by atoms with van der Waals surface area (Å²) in [6.45, 7) is 2.05. The van der Waals surface area contributed by atoms with Crippen molar-refractivity contribution in [3.63, 3.8) is 0 Å². The molecule has 2 unspecified atom stereocenters. The lowest BCUT2D eigenvalue weighted by Gasteiger charge is -2.24. The zero-order valence-electron chi connectivity index (χ0n) is 8.42. The van der Waals surface area contributed by atoms with Crippen molar-refractivity contribution in [2.45, 2.75) is 37.0 Å². The number of thioether (sulfide) groups is 1. The van der Waals surface area contributed by atoms with E-state index in [4.69, 9.17) is 0 Å². The Hall–Kier alpha value is -0.220. The van der Waals surface area contributed by atoms with E-state index in [-0.39, 0.29) is 11.2 Å². The molecule has 0 aromatic carbocycles. The summed E-state index contributed by atoms with van der Waals surface area (Å²) >= 11 is 1.81. The van der Waals surface area contributed by atoms with Crippen molar-refractivity contribution in [3.05, 3.63) is 0 Å². The summed E-state index contributed by atoms with van der Waals surface area (Å²) in [5.41, 5.74) is 0. The van der Waals surface area contributed by atoms with Crippen LogP contribution in [0.2, 0.25) is 0 Å². The molecule has 2 heterocycles. The zero-order valence-corrected chi connectivity index (χ0v) is 9.24. The molecule has 3 nitrogen and oxygen atoms in total. The highest BCUT2D eigenvalue weighted by molar-refractivity contribution is 8.00.